The van der Waals surface area contributed by atoms with E-state index in [1.165, 1.54) is 4.90 Å². The van der Waals surface area contributed by atoms with Crippen molar-refractivity contribution in [3.05, 3.63) is 107 Å². The van der Waals surface area contributed by atoms with Crippen LogP contribution in [0.4, 0.5) is 0 Å². The third-order valence-corrected chi connectivity index (χ3v) is 7.48. The molecule has 0 radical (unpaired) electrons. The van der Waals surface area contributed by atoms with E-state index in [1.807, 2.05) is 61.5 Å². The number of carbonyl (C=O) groups excluding carboxylic acids is 4. The van der Waals surface area contributed by atoms with Gasteiger partial charge in [-0.3, -0.25) is 24.1 Å². The van der Waals surface area contributed by atoms with Gasteiger partial charge in [-0.05, 0) is 24.5 Å². The number of amides is 2. The van der Waals surface area contributed by atoms with E-state index in [9.17, 15) is 19.2 Å². The Morgan fingerprint density at radius 3 is 2.00 bits per heavy atom. The Bertz CT molecular complexity index is 1340. The van der Waals surface area contributed by atoms with Gasteiger partial charge in [0.2, 0.25) is 29.0 Å². The zero-order chi connectivity index (χ0) is 24.3. The van der Waals surface area contributed by atoms with Crippen molar-refractivity contribution in [3.63, 3.8) is 0 Å². The maximum Gasteiger partial charge on any atom is 0.237 e. The largest absolute Gasteiger partial charge is 0.349 e. The van der Waals surface area contributed by atoms with Gasteiger partial charge in [0, 0.05) is 17.7 Å². The smallest absolute Gasteiger partial charge is 0.237 e. The van der Waals surface area contributed by atoms with Crippen molar-refractivity contribution >= 4 is 23.4 Å². The molecule has 6 nitrogen and oxygen atoms in total. The standard InChI is InChI=1S/C29H23NO5/c1-17-11-13-19(14-12-17)24-22-23(28(34)30(27(22)33)16-15-18-7-3-2-4-8-18)29(35-24)25(31)20-9-5-6-10-21(20)26(29)32/h2-14,22-24H,15-16H2,1H3/t22-,23-,24-/m1/s1. The Morgan fingerprint density at radius 2 is 1.37 bits per heavy atom. The van der Waals surface area contributed by atoms with Crippen LogP contribution in [0.2, 0.25) is 0 Å². The highest BCUT2D eigenvalue weighted by atomic mass is 16.5. The Hall–Kier alpha value is -3.90. The molecule has 2 heterocycles. The summed E-state index contributed by atoms with van der Waals surface area (Å²) in [5, 5.41) is 0. The van der Waals surface area contributed by atoms with E-state index in [2.05, 4.69) is 0 Å². The van der Waals surface area contributed by atoms with Crippen molar-refractivity contribution in [3.8, 4) is 0 Å². The van der Waals surface area contributed by atoms with Crippen LogP contribution in [0.3, 0.4) is 0 Å². The number of rotatable bonds is 4. The molecule has 3 aliphatic rings. The fraction of sp³-hybridized carbons (Fsp3) is 0.241. The van der Waals surface area contributed by atoms with Crippen LogP contribution in [0.15, 0.2) is 78.9 Å². The number of Topliss-reactive ketones (excluding diaryl/α,β-unsaturated/α-hetero) is 2. The van der Waals surface area contributed by atoms with E-state index in [0.29, 0.717) is 12.0 Å². The van der Waals surface area contributed by atoms with Crippen LogP contribution in [0.1, 0.15) is 43.5 Å². The number of imide groups is 1. The molecule has 6 heteroatoms. The van der Waals surface area contributed by atoms with E-state index in [4.69, 9.17) is 4.74 Å². The number of ether oxygens (including phenoxy) is 1. The highest BCUT2D eigenvalue weighted by molar-refractivity contribution is 6.35. The van der Waals surface area contributed by atoms with Gasteiger partial charge < -0.3 is 4.74 Å². The van der Waals surface area contributed by atoms with Gasteiger partial charge in [0.1, 0.15) is 0 Å². The topological polar surface area (TPSA) is 80.8 Å². The normalized spacial score (nSPS) is 24.4. The molecule has 0 saturated carbocycles. The lowest BCUT2D eigenvalue weighted by molar-refractivity contribution is -0.144. The Kier molecular flexibility index (Phi) is 4.83. The van der Waals surface area contributed by atoms with Crippen molar-refractivity contribution in [1.29, 1.82) is 0 Å². The number of hydrogen-bond acceptors (Lipinski definition) is 5. The van der Waals surface area contributed by atoms with Crippen molar-refractivity contribution in [2.75, 3.05) is 6.54 Å². The Morgan fingerprint density at radius 1 is 0.771 bits per heavy atom. The minimum absolute atomic E-state index is 0.181. The third kappa shape index (κ3) is 2.99. The van der Waals surface area contributed by atoms with Crippen molar-refractivity contribution in [2.45, 2.75) is 25.0 Å². The van der Waals surface area contributed by atoms with E-state index in [1.54, 1.807) is 24.3 Å². The summed E-state index contributed by atoms with van der Waals surface area (Å²) in [6, 6.07) is 23.5. The zero-order valence-electron chi connectivity index (χ0n) is 19.1. The minimum atomic E-state index is -2.02. The molecule has 1 spiro atoms. The van der Waals surface area contributed by atoms with E-state index in [-0.39, 0.29) is 17.7 Å². The molecule has 6 rings (SSSR count). The third-order valence-electron chi connectivity index (χ3n) is 7.48. The molecule has 35 heavy (non-hydrogen) atoms. The molecule has 3 atom stereocenters. The first-order valence-corrected chi connectivity index (χ1v) is 11.8. The van der Waals surface area contributed by atoms with Gasteiger partial charge in [-0.15, -0.1) is 0 Å². The van der Waals surface area contributed by atoms with Gasteiger partial charge >= 0.3 is 0 Å². The second-order valence-corrected chi connectivity index (χ2v) is 9.46. The second-order valence-electron chi connectivity index (χ2n) is 9.46. The predicted octanol–water partition coefficient (Wildman–Crippen LogP) is 3.73. The number of aryl methyl sites for hydroxylation is 1. The van der Waals surface area contributed by atoms with Gasteiger partial charge in [0.05, 0.1) is 17.9 Å². The van der Waals surface area contributed by atoms with Crippen LogP contribution in [-0.4, -0.2) is 40.4 Å². The summed E-state index contributed by atoms with van der Waals surface area (Å²) in [6.45, 7) is 2.13. The van der Waals surface area contributed by atoms with Crippen LogP contribution >= 0.6 is 0 Å². The van der Waals surface area contributed by atoms with Crippen LogP contribution in [0.25, 0.3) is 0 Å². The molecule has 1 aliphatic carbocycles. The number of carbonyl (C=O) groups is 4. The fourth-order valence-electron chi connectivity index (χ4n) is 5.74. The van der Waals surface area contributed by atoms with Crippen LogP contribution in [0.5, 0.6) is 0 Å². The highest BCUT2D eigenvalue weighted by Crippen LogP contribution is 2.57. The molecule has 2 aliphatic heterocycles. The SMILES string of the molecule is Cc1ccc([C@H]2OC3(C(=O)c4ccccc4C3=O)[C@H]3C(=O)N(CCc4ccccc4)C(=O)[C@@H]23)cc1. The van der Waals surface area contributed by atoms with Crippen molar-refractivity contribution < 1.29 is 23.9 Å². The predicted molar refractivity (Wildman–Crippen MR) is 127 cm³/mol. The Balaban J connectivity index is 1.44. The molecule has 0 N–H and O–H groups in total. The molecule has 3 aromatic carbocycles. The number of nitrogens with zero attached hydrogens (tertiary/aromatic N) is 1. The Labute approximate surface area is 202 Å². The second kappa shape index (κ2) is 7.82. The monoisotopic (exact) mass is 465 g/mol. The van der Waals surface area contributed by atoms with Crippen molar-refractivity contribution in [1.82, 2.24) is 4.90 Å². The van der Waals surface area contributed by atoms with Crippen LogP contribution < -0.4 is 0 Å². The summed E-state index contributed by atoms with van der Waals surface area (Å²) in [7, 11) is 0. The maximum absolute atomic E-state index is 13.8. The molecule has 0 bridgehead atoms. The van der Waals surface area contributed by atoms with E-state index < -0.39 is 46.9 Å². The lowest BCUT2D eigenvalue weighted by Crippen LogP contribution is -2.51. The average Bonchev–Trinajstić information content (AvgIpc) is 3.44. The van der Waals surface area contributed by atoms with Gasteiger partial charge in [-0.1, -0.05) is 84.4 Å². The molecule has 174 valence electrons. The van der Waals surface area contributed by atoms with Gasteiger partial charge in [0.15, 0.2) is 0 Å². The molecular formula is C29H23NO5. The molecule has 3 aromatic rings. The summed E-state index contributed by atoms with van der Waals surface area (Å²) in [4.78, 5) is 56.1. The van der Waals surface area contributed by atoms with Crippen LogP contribution in [0, 0.1) is 18.8 Å². The van der Waals surface area contributed by atoms with Gasteiger partial charge in [0.25, 0.3) is 0 Å². The van der Waals surface area contributed by atoms with Gasteiger partial charge in [-0.25, -0.2) is 0 Å². The first-order chi connectivity index (χ1) is 16.9. The fourth-order valence-corrected chi connectivity index (χ4v) is 5.74. The maximum atomic E-state index is 13.8. The minimum Gasteiger partial charge on any atom is -0.349 e. The number of fused-ring (bicyclic) bond motifs is 3. The summed E-state index contributed by atoms with van der Waals surface area (Å²) in [6.07, 6.45) is -0.385. The lowest BCUT2D eigenvalue weighted by atomic mass is 9.77. The first-order valence-electron chi connectivity index (χ1n) is 11.8. The summed E-state index contributed by atoms with van der Waals surface area (Å²) in [5.41, 5.74) is 1.15. The molecule has 2 saturated heterocycles. The number of ketones is 2. The van der Waals surface area contributed by atoms with Crippen molar-refractivity contribution in [2.24, 2.45) is 11.8 Å². The first kappa shape index (κ1) is 21.6. The highest BCUT2D eigenvalue weighted by Gasteiger charge is 2.74. The molecular weight excluding hydrogens is 442 g/mol. The number of hydrogen-bond donors (Lipinski definition) is 0. The summed E-state index contributed by atoms with van der Waals surface area (Å²) in [5.74, 6) is -4.11. The van der Waals surface area contributed by atoms with E-state index >= 15 is 0 Å². The lowest BCUT2D eigenvalue weighted by Gasteiger charge is -2.27. The summed E-state index contributed by atoms with van der Waals surface area (Å²) < 4.78 is 6.29. The van der Waals surface area contributed by atoms with Gasteiger partial charge in [-0.2, -0.15) is 0 Å². The summed E-state index contributed by atoms with van der Waals surface area (Å²) >= 11 is 0. The van der Waals surface area contributed by atoms with E-state index in [0.717, 1.165) is 11.1 Å². The van der Waals surface area contributed by atoms with Crippen LogP contribution in [-0.2, 0) is 20.7 Å². The molecule has 0 aromatic heterocycles. The molecule has 0 unspecified atom stereocenters. The number of benzene rings is 3. The molecule has 2 amide bonds. The quantitative estimate of drug-likeness (QED) is 0.433. The number of likely N-dealkylation sites (tertiary alicyclic amines) is 1. The average molecular weight is 466 g/mol. The zero-order valence-corrected chi connectivity index (χ0v) is 19.1. The molecule has 2 fully saturated rings.